The molecule has 1 aliphatic carbocycles. The summed E-state index contributed by atoms with van der Waals surface area (Å²) in [4.78, 5) is 14.4. The molecule has 1 aromatic rings. The lowest BCUT2D eigenvalue weighted by Gasteiger charge is -2.24. The van der Waals surface area contributed by atoms with Gasteiger partial charge in [0, 0.05) is 24.7 Å². The first-order chi connectivity index (χ1) is 11.9. The van der Waals surface area contributed by atoms with Gasteiger partial charge in [-0.2, -0.15) is 0 Å². The number of urea groups is 1. The van der Waals surface area contributed by atoms with Crippen LogP contribution in [0.3, 0.4) is 0 Å². The fourth-order valence-corrected chi connectivity index (χ4v) is 4.22. The van der Waals surface area contributed by atoms with E-state index in [4.69, 9.17) is 4.74 Å². The summed E-state index contributed by atoms with van der Waals surface area (Å²) >= 11 is 0. The quantitative estimate of drug-likeness (QED) is 0.824. The van der Waals surface area contributed by atoms with Crippen molar-refractivity contribution in [2.75, 3.05) is 19.9 Å². The van der Waals surface area contributed by atoms with Crippen molar-refractivity contribution in [3.05, 3.63) is 29.3 Å². The van der Waals surface area contributed by atoms with Gasteiger partial charge >= 0.3 is 6.03 Å². The van der Waals surface area contributed by atoms with Gasteiger partial charge in [0.25, 0.3) is 0 Å². The van der Waals surface area contributed by atoms with Gasteiger partial charge in [-0.05, 0) is 30.4 Å². The number of rotatable bonds is 5. The Hall–Kier alpha value is -1.80. The van der Waals surface area contributed by atoms with E-state index in [1.165, 1.54) is 0 Å². The second-order valence-electron chi connectivity index (χ2n) is 6.82. The first-order valence-electron chi connectivity index (χ1n) is 8.52. The molecule has 2 aliphatic rings. The first-order valence-corrected chi connectivity index (χ1v) is 10.4. The Balaban J connectivity index is 1.59. The highest BCUT2D eigenvalue weighted by molar-refractivity contribution is 7.88. The molecule has 0 radical (unpaired) electrons. The molecule has 0 saturated heterocycles. The van der Waals surface area contributed by atoms with E-state index < -0.39 is 10.0 Å². The van der Waals surface area contributed by atoms with Crippen LogP contribution in [0.1, 0.15) is 30.4 Å². The lowest BCUT2D eigenvalue weighted by Crippen LogP contribution is -2.46. The molecular weight excluding hydrogens is 342 g/mol. The van der Waals surface area contributed by atoms with E-state index in [1.807, 2.05) is 18.2 Å². The Morgan fingerprint density at radius 2 is 2.12 bits per heavy atom. The number of hydrogen-bond acceptors (Lipinski definition) is 4. The van der Waals surface area contributed by atoms with E-state index in [9.17, 15) is 13.2 Å². The van der Waals surface area contributed by atoms with Crippen molar-refractivity contribution >= 4 is 16.1 Å². The second-order valence-corrected chi connectivity index (χ2v) is 8.65. The number of fused-ring (bicyclic) bond motifs is 1. The molecule has 1 aromatic carbocycles. The minimum absolute atomic E-state index is 0.00681. The number of hydrogen-bond donors (Lipinski definition) is 2. The zero-order valence-corrected chi connectivity index (χ0v) is 15.4. The maximum atomic E-state index is 12.7. The third-order valence-corrected chi connectivity index (χ3v) is 5.71. The van der Waals surface area contributed by atoms with Crippen molar-refractivity contribution in [1.82, 2.24) is 14.9 Å². The van der Waals surface area contributed by atoms with E-state index in [1.54, 1.807) is 12.0 Å². The average Bonchev–Trinajstić information content (AvgIpc) is 3.18. The predicted octanol–water partition coefficient (Wildman–Crippen LogP) is 1.44. The fourth-order valence-electron chi connectivity index (χ4n) is 3.71. The van der Waals surface area contributed by atoms with Crippen LogP contribution < -0.4 is 14.8 Å². The number of benzene rings is 1. The Morgan fingerprint density at radius 1 is 1.32 bits per heavy atom. The second kappa shape index (κ2) is 7.21. The van der Waals surface area contributed by atoms with Crippen molar-refractivity contribution in [2.45, 2.75) is 38.4 Å². The number of nitrogens with one attached hydrogen (secondary N) is 2. The van der Waals surface area contributed by atoms with Crippen molar-refractivity contribution < 1.29 is 17.9 Å². The normalized spacial score (nSPS) is 22.7. The van der Waals surface area contributed by atoms with Gasteiger partial charge < -0.3 is 15.0 Å². The molecule has 7 nitrogen and oxygen atoms in total. The van der Waals surface area contributed by atoms with Crippen LogP contribution in [-0.4, -0.2) is 45.3 Å². The molecule has 0 bridgehead atoms. The van der Waals surface area contributed by atoms with Gasteiger partial charge in [0.1, 0.15) is 5.75 Å². The van der Waals surface area contributed by atoms with Crippen LogP contribution in [0, 0.1) is 5.92 Å². The molecule has 2 N–H and O–H groups in total. The molecular formula is C17H25N3O4S. The summed E-state index contributed by atoms with van der Waals surface area (Å²) in [6.07, 6.45) is 3.95. The molecule has 2 atom stereocenters. The monoisotopic (exact) mass is 367 g/mol. The molecule has 25 heavy (non-hydrogen) atoms. The van der Waals surface area contributed by atoms with E-state index in [2.05, 4.69) is 10.0 Å². The molecule has 1 fully saturated rings. The molecule has 8 heteroatoms. The topological polar surface area (TPSA) is 87.7 Å². The van der Waals surface area contributed by atoms with E-state index in [0.29, 0.717) is 19.6 Å². The molecule has 3 rings (SSSR count). The van der Waals surface area contributed by atoms with E-state index in [0.717, 1.165) is 42.4 Å². The van der Waals surface area contributed by atoms with Crippen LogP contribution in [0.5, 0.6) is 5.75 Å². The van der Waals surface area contributed by atoms with E-state index >= 15 is 0 Å². The van der Waals surface area contributed by atoms with Gasteiger partial charge in [0.2, 0.25) is 10.0 Å². The lowest BCUT2D eigenvalue weighted by atomic mass is 10.0. The Labute approximate surface area is 148 Å². The first kappa shape index (κ1) is 18.0. The average molecular weight is 367 g/mol. The van der Waals surface area contributed by atoms with Gasteiger partial charge in [-0.25, -0.2) is 17.9 Å². The van der Waals surface area contributed by atoms with Crippen LogP contribution in [-0.2, 0) is 23.1 Å². The van der Waals surface area contributed by atoms with Crippen LogP contribution in [0.4, 0.5) is 4.79 Å². The standard InChI is InChI=1S/C17H25N3O4S/c1-24-16-8-4-6-13-10-20(11-14(13)16)17(21)19-15-7-3-5-12(15)9-18-25(2,22)23/h4,6,8,12,15,18H,3,5,7,9-11H2,1-2H3,(H,19,21). The molecule has 0 spiro atoms. The van der Waals surface area contributed by atoms with Crippen LogP contribution in [0.15, 0.2) is 18.2 Å². The summed E-state index contributed by atoms with van der Waals surface area (Å²) in [5, 5.41) is 3.09. The fraction of sp³-hybridized carbons (Fsp3) is 0.588. The Kier molecular flexibility index (Phi) is 5.19. The van der Waals surface area contributed by atoms with Crippen LogP contribution in [0.25, 0.3) is 0 Å². The van der Waals surface area contributed by atoms with Crippen LogP contribution in [0.2, 0.25) is 0 Å². The smallest absolute Gasteiger partial charge is 0.318 e. The summed E-state index contributed by atoms with van der Waals surface area (Å²) in [7, 11) is -1.57. The maximum Gasteiger partial charge on any atom is 0.318 e. The zero-order valence-electron chi connectivity index (χ0n) is 14.6. The highest BCUT2D eigenvalue weighted by atomic mass is 32.2. The maximum absolute atomic E-state index is 12.7. The summed E-state index contributed by atoms with van der Waals surface area (Å²) in [5.41, 5.74) is 2.16. The summed E-state index contributed by atoms with van der Waals surface area (Å²) < 4.78 is 30.5. The van der Waals surface area contributed by atoms with Gasteiger partial charge in [0.05, 0.1) is 19.9 Å². The largest absolute Gasteiger partial charge is 0.496 e. The molecule has 1 aliphatic heterocycles. The van der Waals surface area contributed by atoms with Gasteiger partial charge in [-0.15, -0.1) is 0 Å². The molecule has 2 amide bonds. The number of methoxy groups -OCH3 is 1. The highest BCUT2D eigenvalue weighted by Crippen LogP contribution is 2.31. The number of ether oxygens (including phenoxy) is 1. The summed E-state index contributed by atoms with van der Waals surface area (Å²) in [6, 6.07) is 5.76. The van der Waals surface area contributed by atoms with Gasteiger partial charge in [-0.1, -0.05) is 18.6 Å². The predicted molar refractivity (Wildman–Crippen MR) is 94.7 cm³/mol. The SMILES string of the molecule is COc1cccc2c1CN(C(=O)NC1CCCC1CNS(C)(=O)=O)C2. The minimum atomic E-state index is -3.21. The zero-order chi connectivity index (χ0) is 18.0. The van der Waals surface area contributed by atoms with Gasteiger partial charge in [0.15, 0.2) is 0 Å². The summed E-state index contributed by atoms with van der Waals surface area (Å²) in [6.45, 7) is 1.47. The highest BCUT2D eigenvalue weighted by Gasteiger charge is 2.32. The molecule has 2 unspecified atom stereocenters. The lowest BCUT2D eigenvalue weighted by molar-refractivity contribution is 0.191. The number of carbonyl (C=O) groups excluding carboxylic acids is 1. The Bertz CT molecular complexity index is 750. The molecule has 1 saturated carbocycles. The minimum Gasteiger partial charge on any atom is -0.496 e. The van der Waals surface area contributed by atoms with Crippen LogP contribution >= 0.6 is 0 Å². The van der Waals surface area contributed by atoms with Crippen molar-refractivity contribution in [3.8, 4) is 5.75 Å². The number of amides is 2. The number of carbonyl (C=O) groups is 1. The number of nitrogens with zero attached hydrogens (tertiary/aromatic N) is 1. The van der Waals surface area contributed by atoms with Crippen molar-refractivity contribution in [2.24, 2.45) is 5.92 Å². The number of sulfonamides is 1. The van der Waals surface area contributed by atoms with Gasteiger partial charge in [-0.3, -0.25) is 0 Å². The third-order valence-electron chi connectivity index (χ3n) is 5.02. The summed E-state index contributed by atoms with van der Waals surface area (Å²) in [5.74, 6) is 0.946. The molecule has 0 aromatic heterocycles. The molecule has 138 valence electrons. The van der Waals surface area contributed by atoms with Crippen molar-refractivity contribution in [1.29, 1.82) is 0 Å². The Morgan fingerprint density at radius 3 is 2.84 bits per heavy atom. The molecule has 1 heterocycles. The third kappa shape index (κ3) is 4.24. The van der Waals surface area contributed by atoms with Crippen molar-refractivity contribution in [3.63, 3.8) is 0 Å². The van der Waals surface area contributed by atoms with E-state index in [-0.39, 0.29) is 18.0 Å².